The highest BCUT2D eigenvalue weighted by atomic mass is 35.5. The summed E-state index contributed by atoms with van der Waals surface area (Å²) in [4.78, 5) is 3.11. The summed E-state index contributed by atoms with van der Waals surface area (Å²) in [6.45, 7) is 0. The molecule has 0 saturated heterocycles. The van der Waals surface area contributed by atoms with E-state index in [1.54, 1.807) is 6.07 Å². The Kier molecular flexibility index (Phi) is 3.92. The number of aromatic nitrogens is 1. The Bertz CT molecular complexity index is 401. The van der Waals surface area contributed by atoms with Crippen molar-refractivity contribution < 1.29 is 13.2 Å². The van der Waals surface area contributed by atoms with Crippen molar-refractivity contribution in [2.24, 2.45) is 0 Å². The highest BCUT2D eigenvalue weighted by Crippen LogP contribution is 2.24. The Morgan fingerprint density at radius 2 is 2.13 bits per heavy atom. The molecule has 0 fully saturated rings. The van der Waals surface area contributed by atoms with Gasteiger partial charge in [-0.25, -0.2) is 13.8 Å². The molecule has 0 N–H and O–H groups in total. The molecule has 6 heteroatoms. The molecule has 0 saturated carbocycles. The van der Waals surface area contributed by atoms with Crippen LogP contribution in [0.5, 0.6) is 0 Å². The van der Waals surface area contributed by atoms with Gasteiger partial charge in [-0.1, -0.05) is 0 Å². The molecule has 0 spiro atoms. The number of nitriles is 1. The predicted molar refractivity (Wildman–Crippen MR) is 48.0 cm³/mol. The third-order valence-electron chi connectivity index (χ3n) is 1.78. The molecule has 1 aromatic rings. The van der Waals surface area contributed by atoms with Gasteiger partial charge in [0.1, 0.15) is 5.69 Å². The molecular formula is C9H6ClF3N2. The Balaban J connectivity index is 3.24. The fourth-order valence-electron chi connectivity index (χ4n) is 1.10. The first kappa shape index (κ1) is 11.8. The summed E-state index contributed by atoms with van der Waals surface area (Å²) in [5, 5.41) is 8.36. The molecule has 0 aliphatic carbocycles. The van der Waals surface area contributed by atoms with Crippen LogP contribution in [0.3, 0.4) is 0 Å². The summed E-state index contributed by atoms with van der Waals surface area (Å²) in [7, 11) is 0. The zero-order valence-electron chi connectivity index (χ0n) is 7.48. The second-order valence-corrected chi connectivity index (χ2v) is 3.02. The lowest BCUT2D eigenvalue weighted by Gasteiger charge is -2.07. The van der Waals surface area contributed by atoms with Gasteiger partial charge in [-0.3, -0.25) is 0 Å². The van der Waals surface area contributed by atoms with Crippen LogP contribution in [0, 0.1) is 17.3 Å². The molecule has 0 aliphatic heterocycles. The number of hydrogen-bond acceptors (Lipinski definition) is 2. The molecule has 15 heavy (non-hydrogen) atoms. The van der Waals surface area contributed by atoms with E-state index in [4.69, 9.17) is 16.9 Å². The van der Waals surface area contributed by atoms with Crippen LogP contribution in [0.1, 0.15) is 23.2 Å². The van der Waals surface area contributed by atoms with Crippen LogP contribution in [0.25, 0.3) is 0 Å². The van der Waals surface area contributed by atoms with Crippen molar-refractivity contribution >= 4 is 11.6 Å². The molecule has 0 aromatic carbocycles. The first-order valence-electron chi connectivity index (χ1n) is 3.99. The Hall–Kier alpha value is -1.28. The van der Waals surface area contributed by atoms with E-state index in [9.17, 15) is 13.2 Å². The number of nitrogens with zero attached hydrogens (tertiary/aromatic N) is 2. The highest BCUT2D eigenvalue weighted by Gasteiger charge is 2.18. The third-order valence-corrected chi connectivity index (χ3v) is 2.07. The maximum Gasteiger partial charge on any atom is 0.280 e. The molecule has 0 bridgehead atoms. The summed E-state index contributed by atoms with van der Waals surface area (Å²) < 4.78 is 37.8. The second kappa shape index (κ2) is 4.99. The molecule has 0 unspecified atom stereocenters. The van der Waals surface area contributed by atoms with Gasteiger partial charge < -0.3 is 0 Å². The van der Waals surface area contributed by atoms with Crippen molar-refractivity contribution in [3.05, 3.63) is 28.8 Å². The fourth-order valence-corrected chi connectivity index (χ4v) is 1.31. The lowest BCUT2D eigenvalue weighted by Crippen LogP contribution is -2.03. The number of halogens is 4. The van der Waals surface area contributed by atoms with E-state index in [-0.39, 0.29) is 23.4 Å². The molecule has 1 rings (SSSR count). The second-order valence-electron chi connectivity index (χ2n) is 2.75. The smallest absolute Gasteiger partial charge is 0.218 e. The van der Waals surface area contributed by atoms with Crippen molar-refractivity contribution in [2.45, 2.75) is 18.7 Å². The number of rotatable bonds is 3. The zero-order valence-corrected chi connectivity index (χ0v) is 8.23. The molecule has 80 valence electrons. The molecule has 0 aliphatic rings. The minimum absolute atomic E-state index is 0.0162. The van der Waals surface area contributed by atoms with E-state index in [1.807, 2.05) is 0 Å². The number of pyridine rings is 1. The fraction of sp³-hybridized carbons (Fsp3) is 0.333. The largest absolute Gasteiger partial charge is 0.280 e. The first-order valence-corrected chi connectivity index (χ1v) is 4.52. The molecule has 1 heterocycles. The molecule has 0 radical (unpaired) electrons. The topological polar surface area (TPSA) is 36.7 Å². The number of alkyl halides is 3. The van der Waals surface area contributed by atoms with Crippen molar-refractivity contribution in [1.29, 1.82) is 5.26 Å². The van der Waals surface area contributed by atoms with Gasteiger partial charge in [0.15, 0.2) is 0 Å². The summed E-state index contributed by atoms with van der Waals surface area (Å²) in [6, 6.07) is 2.87. The van der Waals surface area contributed by atoms with Crippen molar-refractivity contribution in [3.8, 4) is 6.07 Å². The minimum Gasteiger partial charge on any atom is -0.218 e. The Morgan fingerprint density at radius 1 is 1.47 bits per heavy atom. The van der Waals surface area contributed by atoms with Crippen LogP contribution in [0.15, 0.2) is 6.07 Å². The highest BCUT2D eigenvalue weighted by molar-refractivity contribution is 6.17. The summed E-state index contributed by atoms with van der Waals surface area (Å²) in [5.74, 6) is -1.23. The van der Waals surface area contributed by atoms with E-state index < -0.39 is 18.1 Å². The standard InChI is InChI=1S/C9H6ClF3N2/c10-4-6-3-5(1-2-14)9(13)15-7(6)8(11)12/h3,8H,1,4H2. The average molecular weight is 235 g/mol. The molecular weight excluding hydrogens is 229 g/mol. The van der Waals surface area contributed by atoms with Gasteiger partial charge in [-0.2, -0.15) is 9.65 Å². The van der Waals surface area contributed by atoms with Crippen LogP contribution in [0.2, 0.25) is 0 Å². The van der Waals surface area contributed by atoms with Crippen LogP contribution in [-0.2, 0) is 12.3 Å². The molecule has 2 nitrogen and oxygen atoms in total. The van der Waals surface area contributed by atoms with Gasteiger partial charge in [0.05, 0.1) is 12.5 Å². The van der Waals surface area contributed by atoms with Gasteiger partial charge in [-0.05, 0) is 11.6 Å². The van der Waals surface area contributed by atoms with Crippen molar-refractivity contribution in [2.75, 3.05) is 0 Å². The van der Waals surface area contributed by atoms with Gasteiger partial charge in [0, 0.05) is 11.4 Å². The van der Waals surface area contributed by atoms with E-state index in [0.29, 0.717) is 0 Å². The van der Waals surface area contributed by atoms with Crippen LogP contribution in [0.4, 0.5) is 13.2 Å². The Labute approximate surface area is 89.3 Å². The SMILES string of the molecule is N#CCc1cc(CCl)c(C(F)F)nc1F. The molecule has 0 amide bonds. The summed E-state index contributed by atoms with van der Waals surface area (Å²) in [6.07, 6.45) is -3.09. The zero-order chi connectivity index (χ0) is 11.4. The maximum atomic E-state index is 13.1. The minimum atomic E-state index is -2.87. The van der Waals surface area contributed by atoms with Gasteiger partial charge in [0.25, 0.3) is 6.43 Å². The number of hydrogen-bond donors (Lipinski definition) is 0. The van der Waals surface area contributed by atoms with E-state index in [0.717, 1.165) is 6.07 Å². The maximum absolute atomic E-state index is 13.1. The van der Waals surface area contributed by atoms with E-state index in [1.165, 1.54) is 0 Å². The Morgan fingerprint density at radius 3 is 2.60 bits per heavy atom. The van der Waals surface area contributed by atoms with Crippen LogP contribution >= 0.6 is 11.6 Å². The lowest BCUT2D eigenvalue weighted by molar-refractivity contribution is 0.143. The van der Waals surface area contributed by atoms with Gasteiger partial charge in [0.2, 0.25) is 5.95 Å². The molecule has 0 atom stereocenters. The monoisotopic (exact) mass is 234 g/mol. The van der Waals surface area contributed by atoms with Crippen LogP contribution < -0.4 is 0 Å². The van der Waals surface area contributed by atoms with Crippen molar-refractivity contribution in [1.82, 2.24) is 4.98 Å². The quantitative estimate of drug-likeness (QED) is 0.596. The third kappa shape index (κ3) is 2.60. The molecule has 1 aromatic heterocycles. The van der Waals surface area contributed by atoms with E-state index >= 15 is 0 Å². The van der Waals surface area contributed by atoms with Crippen LogP contribution in [-0.4, -0.2) is 4.98 Å². The van der Waals surface area contributed by atoms with Gasteiger partial charge >= 0.3 is 0 Å². The van der Waals surface area contributed by atoms with Gasteiger partial charge in [-0.15, -0.1) is 11.6 Å². The predicted octanol–water partition coefficient (Wildman–Crippen LogP) is 2.96. The summed E-state index contributed by atoms with van der Waals surface area (Å²) >= 11 is 5.42. The van der Waals surface area contributed by atoms with E-state index in [2.05, 4.69) is 4.98 Å². The normalized spacial score (nSPS) is 10.4. The average Bonchev–Trinajstić information content (AvgIpc) is 2.20. The first-order chi connectivity index (χ1) is 7.10. The van der Waals surface area contributed by atoms with Crippen molar-refractivity contribution in [3.63, 3.8) is 0 Å². The lowest BCUT2D eigenvalue weighted by atomic mass is 10.1. The summed E-state index contributed by atoms with van der Waals surface area (Å²) in [5.41, 5.74) is -0.625.